The molecule has 0 unspecified atom stereocenters. The van der Waals surface area contributed by atoms with E-state index in [1.807, 2.05) is 37.4 Å². The highest BCUT2D eigenvalue weighted by molar-refractivity contribution is 6.05. The number of aryl methyl sites for hydroxylation is 2. The molecule has 0 bridgehead atoms. The Hall–Kier alpha value is -3.25. The molecule has 166 valence electrons. The Kier molecular flexibility index (Phi) is 6.81. The molecule has 0 radical (unpaired) electrons. The second kappa shape index (κ2) is 9.92. The number of anilines is 1. The number of benzene rings is 2. The Bertz CT molecular complexity index is 1120. The Labute approximate surface area is 188 Å². The predicted octanol–water partition coefficient (Wildman–Crippen LogP) is 4.80. The summed E-state index contributed by atoms with van der Waals surface area (Å²) in [6, 6.07) is 13.5. The number of aliphatic carboxylic acids is 1. The van der Waals surface area contributed by atoms with Crippen LogP contribution in [0.1, 0.15) is 52.7 Å². The van der Waals surface area contributed by atoms with Crippen molar-refractivity contribution in [2.24, 2.45) is 0 Å². The quantitative estimate of drug-likeness (QED) is 0.535. The summed E-state index contributed by atoms with van der Waals surface area (Å²) in [6.07, 6.45) is 5.92. The zero-order valence-electron chi connectivity index (χ0n) is 18.4. The van der Waals surface area contributed by atoms with Crippen LogP contribution in [-0.4, -0.2) is 40.0 Å². The number of hydrogen-bond donors (Lipinski definition) is 2. The first kappa shape index (κ1) is 22.0. The van der Waals surface area contributed by atoms with Crippen molar-refractivity contribution in [2.75, 3.05) is 18.4 Å². The van der Waals surface area contributed by atoms with E-state index in [0.717, 1.165) is 47.4 Å². The van der Waals surface area contributed by atoms with Gasteiger partial charge in [-0.2, -0.15) is 0 Å². The number of rotatable bonds is 8. The van der Waals surface area contributed by atoms with Gasteiger partial charge >= 0.3 is 5.97 Å². The van der Waals surface area contributed by atoms with Crippen molar-refractivity contribution in [3.63, 3.8) is 0 Å². The lowest BCUT2D eigenvalue weighted by atomic mass is 10.0. The summed E-state index contributed by atoms with van der Waals surface area (Å²) in [5.74, 6) is -0.959. The lowest BCUT2D eigenvalue weighted by Gasteiger charge is -2.15. The van der Waals surface area contributed by atoms with Crippen LogP contribution < -0.4 is 5.32 Å². The maximum Gasteiger partial charge on any atom is 0.303 e. The number of hydrogen-bond acceptors (Lipinski definition) is 4. The molecule has 1 aliphatic heterocycles. The van der Waals surface area contributed by atoms with Crippen molar-refractivity contribution in [1.29, 1.82) is 0 Å². The van der Waals surface area contributed by atoms with Gasteiger partial charge in [-0.3, -0.25) is 19.5 Å². The molecule has 2 N–H and O–H groups in total. The SMILES string of the molecule is Cc1c(NC(=O)c2ccc(CCCC(=O)O)cc2)ccc2cc(CN3CCCC3)cnc12. The number of likely N-dealkylation sites (tertiary alicyclic amines) is 1. The number of nitrogens with one attached hydrogen (secondary N) is 1. The van der Waals surface area contributed by atoms with E-state index in [2.05, 4.69) is 16.3 Å². The molecule has 0 aliphatic carbocycles. The number of aromatic nitrogens is 1. The molecule has 1 saturated heterocycles. The van der Waals surface area contributed by atoms with E-state index < -0.39 is 5.97 Å². The van der Waals surface area contributed by atoms with Gasteiger partial charge in [-0.05, 0) is 86.7 Å². The largest absolute Gasteiger partial charge is 0.481 e. The standard InChI is InChI=1S/C26H29N3O3/c1-18-23(28-26(32)21-9-7-19(8-10-21)5-4-6-24(30)31)12-11-22-15-20(16-27-25(18)22)17-29-13-2-3-14-29/h7-12,15-16H,2-6,13-14,17H2,1H3,(H,28,32)(H,30,31). The van der Waals surface area contributed by atoms with Gasteiger partial charge in [-0.1, -0.05) is 18.2 Å². The van der Waals surface area contributed by atoms with Crippen LogP contribution in [0.5, 0.6) is 0 Å². The van der Waals surface area contributed by atoms with Gasteiger partial charge in [0.05, 0.1) is 5.52 Å². The number of carbonyl (C=O) groups is 2. The smallest absolute Gasteiger partial charge is 0.303 e. The van der Waals surface area contributed by atoms with Gasteiger partial charge in [-0.15, -0.1) is 0 Å². The Morgan fingerprint density at radius 3 is 2.53 bits per heavy atom. The third-order valence-electron chi connectivity index (χ3n) is 6.09. The van der Waals surface area contributed by atoms with Gasteiger partial charge < -0.3 is 10.4 Å². The molecular formula is C26H29N3O3. The molecule has 4 rings (SSSR count). The van der Waals surface area contributed by atoms with E-state index in [4.69, 9.17) is 10.1 Å². The molecule has 1 fully saturated rings. The highest BCUT2D eigenvalue weighted by atomic mass is 16.4. The first-order valence-electron chi connectivity index (χ1n) is 11.2. The Balaban J connectivity index is 1.43. The molecule has 1 aromatic heterocycles. The maximum atomic E-state index is 12.7. The van der Waals surface area contributed by atoms with Gasteiger partial charge in [0.1, 0.15) is 0 Å². The molecule has 6 nitrogen and oxygen atoms in total. The second-order valence-electron chi connectivity index (χ2n) is 8.54. The zero-order chi connectivity index (χ0) is 22.5. The first-order chi connectivity index (χ1) is 15.5. The number of amides is 1. The summed E-state index contributed by atoms with van der Waals surface area (Å²) in [6.45, 7) is 5.24. The van der Waals surface area contributed by atoms with Crippen LogP contribution in [0.15, 0.2) is 48.7 Å². The van der Waals surface area contributed by atoms with E-state index in [1.165, 1.54) is 18.4 Å². The predicted molar refractivity (Wildman–Crippen MR) is 126 cm³/mol. The van der Waals surface area contributed by atoms with Crippen molar-refractivity contribution in [3.8, 4) is 0 Å². The molecule has 0 saturated carbocycles. The van der Waals surface area contributed by atoms with Crippen LogP contribution in [0.2, 0.25) is 0 Å². The number of carboxylic acids is 1. The van der Waals surface area contributed by atoms with Gasteiger partial charge in [0.15, 0.2) is 0 Å². The van der Waals surface area contributed by atoms with Crippen LogP contribution in [0.3, 0.4) is 0 Å². The van der Waals surface area contributed by atoms with Crippen LogP contribution in [0.4, 0.5) is 5.69 Å². The number of fused-ring (bicyclic) bond motifs is 1. The fourth-order valence-corrected chi connectivity index (χ4v) is 4.28. The molecule has 2 heterocycles. The minimum atomic E-state index is -0.788. The van der Waals surface area contributed by atoms with Gasteiger partial charge in [0.2, 0.25) is 0 Å². The molecule has 0 spiro atoms. The fraction of sp³-hybridized carbons (Fsp3) is 0.346. The maximum absolute atomic E-state index is 12.7. The van der Waals surface area contributed by atoms with Gasteiger partial charge in [-0.25, -0.2) is 0 Å². The van der Waals surface area contributed by atoms with Crippen molar-refractivity contribution < 1.29 is 14.7 Å². The minimum Gasteiger partial charge on any atom is -0.481 e. The highest BCUT2D eigenvalue weighted by Gasteiger charge is 2.14. The van der Waals surface area contributed by atoms with Crippen LogP contribution in [0.25, 0.3) is 10.9 Å². The summed E-state index contributed by atoms with van der Waals surface area (Å²) >= 11 is 0. The lowest BCUT2D eigenvalue weighted by Crippen LogP contribution is -2.18. The van der Waals surface area contributed by atoms with E-state index >= 15 is 0 Å². The molecule has 1 amide bonds. The van der Waals surface area contributed by atoms with Gasteiger partial charge in [0, 0.05) is 35.8 Å². The van der Waals surface area contributed by atoms with Crippen LogP contribution >= 0.6 is 0 Å². The lowest BCUT2D eigenvalue weighted by molar-refractivity contribution is -0.137. The molecule has 0 atom stereocenters. The zero-order valence-corrected chi connectivity index (χ0v) is 18.4. The Morgan fingerprint density at radius 2 is 1.81 bits per heavy atom. The van der Waals surface area contributed by atoms with E-state index in [9.17, 15) is 9.59 Å². The van der Waals surface area contributed by atoms with E-state index in [-0.39, 0.29) is 12.3 Å². The number of carbonyl (C=O) groups excluding carboxylic acids is 1. The molecule has 2 aromatic carbocycles. The summed E-state index contributed by atoms with van der Waals surface area (Å²) in [4.78, 5) is 30.5. The van der Waals surface area contributed by atoms with Crippen LogP contribution in [0, 0.1) is 6.92 Å². The molecule has 6 heteroatoms. The van der Waals surface area contributed by atoms with E-state index in [0.29, 0.717) is 18.4 Å². The third-order valence-corrected chi connectivity index (χ3v) is 6.09. The van der Waals surface area contributed by atoms with Crippen molar-refractivity contribution in [2.45, 2.75) is 45.6 Å². The second-order valence-corrected chi connectivity index (χ2v) is 8.54. The molecule has 3 aromatic rings. The number of nitrogens with zero attached hydrogens (tertiary/aromatic N) is 2. The van der Waals surface area contributed by atoms with Crippen molar-refractivity contribution in [3.05, 3.63) is 70.9 Å². The van der Waals surface area contributed by atoms with Crippen molar-refractivity contribution >= 4 is 28.5 Å². The monoisotopic (exact) mass is 431 g/mol. The molecule has 32 heavy (non-hydrogen) atoms. The van der Waals surface area contributed by atoms with Gasteiger partial charge in [0.25, 0.3) is 5.91 Å². The molecule has 1 aliphatic rings. The number of carboxylic acid groups (broad SMARTS) is 1. The molecular weight excluding hydrogens is 402 g/mol. The topological polar surface area (TPSA) is 82.5 Å². The third kappa shape index (κ3) is 5.32. The number of pyridine rings is 1. The first-order valence-corrected chi connectivity index (χ1v) is 11.2. The summed E-state index contributed by atoms with van der Waals surface area (Å²) in [7, 11) is 0. The summed E-state index contributed by atoms with van der Waals surface area (Å²) in [5, 5.41) is 12.8. The fourth-order valence-electron chi connectivity index (χ4n) is 4.28. The average molecular weight is 432 g/mol. The summed E-state index contributed by atoms with van der Waals surface area (Å²) in [5.41, 5.74) is 5.43. The normalized spacial score (nSPS) is 14.0. The van der Waals surface area contributed by atoms with Crippen LogP contribution in [-0.2, 0) is 17.8 Å². The van der Waals surface area contributed by atoms with E-state index in [1.54, 1.807) is 12.1 Å². The average Bonchev–Trinajstić information content (AvgIpc) is 3.29. The Morgan fingerprint density at radius 1 is 1.06 bits per heavy atom. The highest BCUT2D eigenvalue weighted by Crippen LogP contribution is 2.26. The minimum absolute atomic E-state index is 0.150. The van der Waals surface area contributed by atoms with Crippen molar-refractivity contribution in [1.82, 2.24) is 9.88 Å². The summed E-state index contributed by atoms with van der Waals surface area (Å²) < 4.78 is 0.